The van der Waals surface area contributed by atoms with E-state index in [2.05, 4.69) is 26.6 Å². The van der Waals surface area contributed by atoms with Gasteiger partial charge in [-0.25, -0.2) is 9.59 Å². The number of allylic oxidation sites excluding steroid dienone is 8. The van der Waals surface area contributed by atoms with Crippen molar-refractivity contribution in [1.82, 2.24) is 26.6 Å². The smallest absolute Gasteiger partial charge is 0.405 e. The number of nitrogens with one attached hydrogen (secondary N) is 5. The first-order valence-corrected chi connectivity index (χ1v) is 28.6. The van der Waals surface area contributed by atoms with Gasteiger partial charge in [-0.3, -0.25) is 28.8 Å². The number of nitrogens with two attached hydrogens (primary N) is 2. The van der Waals surface area contributed by atoms with E-state index in [1.54, 1.807) is 52.0 Å². The van der Waals surface area contributed by atoms with Gasteiger partial charge in [0.1, 0.15) is 12.2 Å². The zero-order valence-electron chi connectivity index (χ0n) is 51.0. The lowest BCUT2D eigenvalue weighted by atomic mass is 9.85. The SMILES string of the molecule is CO[C@H]1/C=C\C=C(/C)C(=O)NC2=CC(=O)C(NCCCNCCCNC3=C4C[C@H](C)C[C@@H](OC)[C@@H](O)[C@H](C)/C=C(\C)[C@@H](OC(N)=O)[C@H](OC)/C=C\C=C(/C)C(=O)NC(=CC3=O)C4=O)=C(C[C@@H](C)C[C@H](OC)[C@H](O)[C@@H](C)/C=C(\C)[C@@H]1OC(N)=O)C2=O. The Morgan fingerprint density at radius 1 is 0.576 bits per heavy atom. The first kappa shape index (κ1) is 70.4. The first-order valence-electron chi connectivity index (χ1n) is 28.6. The number of ether oxygens (including phenoxy) is 6. The summed E-state index contributed by atoms with van der Waals surface area (Å²) in [6.07, 6.45) is 7.30. The van der Waals surface area contributed by atoms with Gasteiger partial charge in [-0.05, 0) is 102 Å². The van der Waals surface area contributed by atoms with Crippen LogP contribution in [-0.2, 0) is 57.2 Å². The molecule has 468 valence electrons. The fraction of sp³-hybridized carbons (Fsp3) is 0.548. The van der Waals surface area contributed by atoms with Crippen molar-refractivity contribution in [3.63, 3.8) is 0 Å². The topological polar surface area (TPSA) is 345 Å². The lowest BCUT2D eigenvalue weighted by Crippen LogP contribution is -2.38. The largest absolute Gasteiger partial charge is 0.439 e. The van der Waals surface area contributed by atoms with E-state index in [1.807, 2.05) is 13.8 Å². The van der Waals surface area contributed by atoms with Crippen LogP contribution >= 0.6 is 0 Å². The summed E-state index contributed by atoms with van der Waals surface area (Å²) in [5.74, 6) is -5.06. The molecule has 0 fully saturated rings. The van der Waals surface area contributed by atoms with Crippen molar-refractivity contribution < 1.29 is 77.0 Å². The average molecular weight is 1190 g/mol. The molecule has 0 spiro atoms. The van der Waals surface area contributed by atoms with Crippen LogP contribution in [0.2, 0.25) is 0 Å². The molecule has 2 aliphatic carbocycles. The molecule has 0 saturated carbocycles. The molecule has 23 nitrogen and oxygen atoms in total. The summed E-state index contributed by atoms with van der Waals surface area (Å²) >= 11 is 0. The van der Waals surface area contributed by atoms with E-state index in [1.165, 1.54) is 66.6 Å². The molecular weight excluding hydrogens is 1100 g/mol. The maximum Gasteiger partial charge on any atom is 0.405 e. The average Bonchev–Trinajstić information content (AvgIpc) is 3.61. The molecule has 12 atom stereocenters. The van der Waals surface area contributed by atoms with Crippen LogP contribution in [0.4, 0.5) is 9.59 Å². The van der Waals surface area contributed by atoms with Crippen LogP contribution in [0.5, 0.6) is 0 Å². The van der Waals surface area contributed by atoms with E-state index >= 15 is 0 Å². The third-order valence-electron chi connectivity index (χ3n) is 15.3. The molecule has 0 radical (unpaired) electrons. The molecule has 0 aromatic rings. The van der Waals surface area contributed by atoms with Gasteiger partial charge >= 0.3 is 12.2 Å². The molecule has 85 heavy (non-hydrogen) atoms. The predicted octanol–water partition coefficient (Wildman–Crippen LogP) is 4.09. The van der Waals surface area contributed by atoms with Gasteiger partial charge in [0.15, 0.2) is 12.2 Å². The minimum atomic E-state index is -1.05. The van der Waals surface area contributed by atoms with Crippen molar-refractivity contribution in [3.8, 4) is 0 Å². The van der Waals surface area contributed by atoms with Crippen LogP contribution in [0.15, 0.2) is 117 Å². The highest BCUT2D eigenvalue weighted by Crippen LogP contribution is 2.31. The lowest BCUT2D eigenvalue weighted by molar-refractivity contribution is -0.120. The zero-order valence-corrected chi connectivity index (χ0v) is 51.0. The number of rotatable bonds is 16. The molecule has 0 unspecified atom stereocenters. The van der Waals surface area contributed by atoms with Gasteiger partial charge in [-0.15, -0.1) is 0 Å². The summed E-state index contributed by atoms with van der Waals surface area (Å²) in [7, 11) is 5.76. The summed E-state index contributed by atoms with van der Waals surface area (Å²) in [4.78, 5) is 107. The van der Waals surface area contributed by atoms with Crippen molar-refractivity contribution in [1.29, 1.82) is 0 Å². The molecule has 4 rings (SSSR count). The minimum absolute atomic E-state index is 0.0940. The van der Waals surface area contributed by atoms with Gasteiger partial charge in [0, 0.05) is 87.8 Å². The van der Waals surface area contributed by atoms with Crippen molar-refractivity contribution in [2.75, 3.05) is 54.6 Å². The van der Waals surface area contributed by atoms with Crippen molar-refractivity contribution in [3.05, 3.63) is 117 Å². The van der Waals surface area contributed by atoms with Crippen molar-refractivity contribution in [2.45, 2.75) is 143 Å². The van der Waals surface area contributed by atoms with Crippen LogP contribution in [0.25, 0.3) is 0 Å². The highest BCUT2D eigenvalue weighted by molar-refractivity contribution is 6.24. The first-order chi connectivity index (χ1) is 40.3. The van der Waals surface area contributed by atoms with Gasteiger partial charge in [-0.2, -0.15) is 0 Å². The number of carbonyl (C=O) groups is 8. The quantitative estimate of drug-likeness (QED) is 0.0597. The van der Waals surface area contributed by atoms with Crippen LogP contribution in [0, 0.1) is 23.7 Å². The molecule has 0 aromatic heterocycles. The van der Waals surface area contributed by atoms with Crippen molar-refractivity contribution in [2.24, 2.45) is 35.1 Å². The lowest BCUT2D eigenvalue weighted by Gasteiger charge is -2.30. The fourth-order valence-corrected chi connectivity index (χ4v) is 10.5. The number of ketones is 4. The molecular formula is C62H89N7O16. The van der Waals surface area contributed by atoms with Crippen molar-refractivity contribution >= 4 is 47.1 Å². The molecule has 4 aliphatic rings. The van der Waals surface area contributed by atoms with Crippen LogP contribution in [-0.4, -0.2) is 161 Å². The number of amides is 4. The number of hydrogen-bond donors (Lipinski definition) is 9. The van der Waals surface area contributed by atoms with Gasteiger partial charge in [0.05, 0.1) is 47.2 Å². The van der Waals surface area contributed by atoms with Crippen LogP contribution in [0.1, 0.15) is 93.9 Å². The third-order valence-corrected chi connectivity index (χ3v) is 15.3. The Balaban J connectivity index is 1.48. The minimum Gasteiger partial charge on any atom is -0.439 e. The summed E-state index contributed by atoms with van der Waals surface area (Å²) in [6.45, 7) is 15.3. The van der Waals surface area contributed by atoms with E-state index in [-0.39, 0.29) is 95.7 Å². The Kier molecular flexibility index (Phi) is 28.3. The number of primary amides is 2. The molecule has 23 heteroatoms. The number of methoxy groups -OCH3 is 4. The Bertz CT molecular complexity index is 2600. The predicted molar refractivity (Wildman–Crippen MR) is 317 cm³/mol. The summed E-state index contributed by atoms with van der Waals surface area (Å²) in [5.41, 5.74) is 12.4. The number of aliphatic hydroxyl groups excluding tert-OH is 2. The zero-order chi connectivity index (χ0) is 63.2. The van der Waals surface area contributed by atoms with Crippen LogP contribution < -0.4 is 38.1 Å². The number of hydrogen-bond acceptors (Lipinski definition) is 19. The van der Waals surface area contributed by atoms with Gasteiger partial charge < -0.3 is 76.7 Å². The second kappa shape index (κ2) is 34.1. The maximum absolute atomic E-state index is 14.2. The summed E-state index contributed by atoms with van der Waals surface area (Å²) in [6, 6.07) is 0. The second-order valence-electron chi connectivity index (χ2n) is 22.2. The number of Topliss-reactive ketones (excluding diaryl/α,β-unsaturated/α-hetero) is 2. The monoisotopic (exact) mass is 1190 g/mol. The van der Waals surface area contributed by atoms with Crippen LogP contribution in [0.3, 0.4) is 0 Å². The normalized spacial score (nSPS) is 31.7. The Morgan fingerprint density at radius 2 is 0.941 bits per heavy atom. The molecule has 2 aliphatic heterocycles. The standard InChI is InChI=1S/C62H89N7O16/c1-33-25-41-51(45(70)31-43(55(41)74)68-59(76)35(3)17-13-19-47(80-9)57(84-61(63)78)39(7)29-37(5)53(72)49(27-33)82-11)66-23-15-21-65-22-16-24-67-52-42-26-34(2)28-50(83-12)54(73)38(6)30-40(8)58(85-62(64)79)48(81-10)20-14-18-36(4)60(77)69-44(56(42)75)32-46(52)71/h13-14,17-20,29-34,37-38,47-50,53-54,57-58,65-67,72-73H,15-16,21-28H2,1-12H3,(H2,63,78)(H2,64,79)(H,68,76)(H,69,77)/b19-13-,20-14-,35-17+,36-18+,39-29+,40-30+/t33-,34+,37+,38-,47+,48-,49+,50-,53-,54+,57+,58-. The number of carbonyl (C=O) groups excluding carboxylic acids is 8. The number of fused-ring (bicyclic) bond motifs is 4. The Labute approximate surface area is 498 Å². The Hall–Kier alpha value is -7.12. The van der Waals surface area contributed by atoms with Gasteiger partial charge in [0.25, 0.3) is 11.8 Å². The van der Waals surface area contributed by atoms with Gasteiger partial charge in [-0.1, -0.05) is 76.3 Å². The van der Waals surface area contributed by atoms with E-state index < -0.39 is 108 Å². The Morgan fingerprint density at radius 3 is 1.27 bits per heavy atom. The highest BCUT2D eigenvalue weighted by atomic mass is 16.6. The molecule has 4 bridgehead atoms. The van der Waals surface area contributed by atoms with Gasteiger partial charge in [0.2, 0.25) is 23.1 Å². The maximum atomic E-state index is 14.2. The third kappa shape index (κ3) is 20.5. The molecule has 11 N–H and O–H groups in total. The fourth-order valence-electron chi connectivity index (χ4n) is 10.5. The van der Waals surface area contributed by atoms with E-state index in [9.17, 15) is 48.6 Å². The van der Waals surface area contributed by atoms with E-state index in [4.69, 9.17) is 39.9 Å². The molecule has 4 amide bonds. The molecule has 0 aromatic carbocycles. The molecule has 2 heterocycles. The highest BCUT2D eigenvalue weighted by Gasteiger charge is 2.36. The number of aliphatic hydroxyl groups is 2. The van der Waals surface area contributed by atoms with E-state index in [0.717, 1.165) is 12.2 Å². The summed E-state index contributed by atoms with van der Waals surface area (Å²) in [5, 5.41) is 38.0. The second-order valence-corrected chi connectivity index (χ2v) is 22.2. The van der Waals surface area contributed by atoms with E-state index in [0.29, 0.717) is 37.1 Å². The molecule has 0 saturated heterocycles. The summed E-state index contributed by atoms with van der Waals surface area (Å²) < 4.78 is 33.7.